The van der Waals surface area contributed by atoms with Crippen LogP contribution in [0, 0.1) is 5.82 Å². The molecule has 1 N–H and O–H groups in total. The quantitative estimate of drug-likeness (QED) is 0.388. The number of ether oxygens (including phenoxy) is 2. The molecule has 1 amide bonds. The molecule has 184 valence electrons. The van der Waals surface area contributed by atoms with E-state index in [9.17, 15) is 19.1 Å². The van der Waals surface area contributed by atoms with Gasteiger partial charge in [0.15, 0.2) is 0 Å². The average molecular weight is 481 g/mol. The van der Waals surface area contributed by atoms with E-state index in [0.29, 0.717) is 31.6 Å². The Morgan fingerprint density at radius 3 is 2.66 bits per heavy atom. The molecule has 7 nitrogen and oxygen atoms in total. The van der Waals surface area contributed by atoms with Crippen LogP contribution < -0.4 is 4.74 Å². The molecule has 0 bridgehead atoms. The van der Waals surface area contributed by atoms with Gasteiger partial charge in [0, 0.05) is 43.7 Å². The Hall–Kier alpha value is -3.23. The smallest absolute Gasteiger partial charge is 0.295 e. The van der Waals surface area contributed by atoms with Crippen LogP contribution in [0.4, 0.5) is 4.39 Å². The van der Waals surface area contributed by atoms with Crippen LogP contribution in [0.1, 0.15) is 36.1 Å². The van der Waals surface area contributed by atoms with Crippen LogP contribution in [-0.2, 0) is 20.7 Å². The Bertz CT molecular complexity index is 1170. The molecule has 2 fully saturated rings. The summed E-state index contributed by atoms with van der Waals surface area (Å²) in [7, 11) is 0. The first-order valence-electron chi connectivity index (χ1n) is 12.1. The first kappa shape index (κ1) is 23.5. The Morgan fingerprint density at radius 2 is 1.89 bits per heavy atom. The first-order valence-corrected chi connectivity index (χ1v) is 12.1. The van der Waals surface area contributed by atoms with Crippen LogP contribution in [-0.4, -0.2) is 72.1 Å². The number of ketones is 1. The fourth-order valence-corrected chi connectivity index (χ4v) is 5.15. The van der Waals surface area contributed by atoms with Gasteiger partial charge in [-0.3, -0.25) is 14.5 Å². The molecule has 0 radical (unpaired) electrons. The highest BCUT2D eigenvalue weighted by Gasteiger charge is 2.46. The minimum Gasteiger partial charge on any atom is -0.507 e. The van der Waals surface area contributed by atoms with Gasteiger partial charge in [0.1, 0.15) is 23.4 Å². The number of Topliss-reactive ketones (excluding diaryl/α,β-unsaturated/α-hetero) is 1. The number of amides is 1. The van der Waals surface area contributed by atoms with Crippen LogP contribution in [0.15, 0.2) is 48.0 Å². The summed E-state index contributed by atoms with van der Waals surface area (Å²) >= 11 is 0. The molecule has 5 rings (SSSR count). The van der Waals surface area contributed by atoms with Crippen LogP contribution in [0.2, 0.25) is 0 Å². The van der Waals surface area contributed by atoms with Crippen molar-refractivity contribution in [1.82, 2.24) is 9.80 Å². The number of rotatable bonds is 6. The van der Waals surface area contributed by atoms with Gasteiger partial charge in [-0.1, -0.05) is 18.2 Å². The second-order valence-electron chi connectivity index (χ2n) is 9.28. The van der Waals surface area contributed by atoms with Gasteiger partial charge in [0.2, 0.25) is 0 Å². The number of hydrogen-bond donors (Lipinski definition) is 1. The summed E-state index contributed by atoms with van der Waals surface area (Å²) in [6.45, 7) is 5.94. The zero-order chi connectivity index (χ0) is 24.5. The van der Waals surface area contributed by atoms with Crippen LogP contribution in [0.25, 0.3) is 5.76 Å². The van der Waals surface area contributed by atoms with E-state index in [1.807, 2.05) is 6.92 Å². The first-order chi connectivity index (χ1) is 16.9. The maximum Gasteiger partial charge on any atom is 0.295 e. The third-order valence-electron chi connectivity index (χ3n) is 6.89. The average Bonchev–Trinajstić information content (AvgIpc) is 3.35. The molecule has 0 aromatic heterocycles. The van der Waals surface area contributed by atoms with Gasteiger partial charge in [-0.15, -0.1) is 0 Å². The van der Waals surface area contributed by atoms with Crippen molar-refractivity contribution < 1.29 is 28.6 Å². The van der Waals surface area contributed by atoms with Gasteiger partial charge < -0.3 is 19.5 Å². The number of carbonyl (C=O) groups excluding carboxylic acids is 2. The highest BCUT2D eigenvalue weighted by molar-refractivity contribution is 6.46. The monoisotopic (exact) mass is 480 g/mol. The standard InChI is InChI=1S/C27H29FN2O5/c1-17-15-19-16-18(7-8-22(19)35-17)25(31)23-24(20-5-2-3-6-21(20)28)30(27(33)26(23)32)10-4-9-29-11-13-34-14-12-29/h2-3,5-8,16-17,24,31H,4,9-15H2,1H3/t17-,24-/m0/s1. The molecule has 0 saturated carbocycles. The van der Waals surface area contributed by atoms with E-state index in [4.69, 9.17) is 9.47 Å². The summed E-state index contributed by atoms with van der Waals surface area (Å²) in [5, 5.41) is 11.3. The topological polar surface area (TPSA) is 79.3 Å². The van der Waals surface area contributed by atoms with E-state index < -0.39 is 23.5 Å². The fraction of sp³-hybridized carbons (Fsp3) is 0.407. The molecule has 0 unspecified atom stereocenters. The van der Waals surface area contributed by atoms with Crippen LogP contribution >= 0.6 is 0 Å². The molecular formula is C27H29FN2O5. The molecule has 3 aliphatic heterocycles. The van der Waals surface area contributed by atoms with Crippen molar-refractivity contribution in [2.45, 2.75) is 31.9 Å². The van der Waals surface area contributed by atoms with E-state index in [-0.39, 0.29) is 29.5 Å². The molecule has 3 heterocycles. The van der Waals surface area contributed by atoms with E-state index in [1.54, 1.807) is 36.4 Å². The van der Waals surface area contributed by atoms with Crippen LogP contribution in [0.5, 0.6) is 5.75 Å². The van der Waals surface area contributed by atoms with E-state index in [0.717, 1.165) is 30.9 Å². The van der Waals surface area contributed by atoms with Crippen molar-refractivity contribution in [2.24, 2.45) is 0 Å². The Labute approximate surface area is 203 Å². The van der Waals surface area contributed by atoms with Crippen molar-refractivity contribution in [1.29, 1.82) is 0 Å². The summed E-state index contributed by atoms with van der Waals surface area (Å²) in [5.41, 5.74) is 1.44. The molecular weight excluding hydrogens is 451 g/mol. The lowest BCUT2D eigenvalue weighted by atomic mass is 9.94. The van der Waals surface area contributed by atoms with Gasteiger partial charge in [-0.25, -0.2) is 4.39 Å². The van der Waals surface area contributed by atoms with E-state index >= 15 is 0 Å². The number of likely N-dealkylation sites (tertiary alicyclic amines) is 1. The van der Waals surface area contributed by atoms with Gasteiger partial charge in [0.05, 0.1) is 24.8 Å². The van der Waals surface area contributed by atoms with Crippen LogP contribution in [0.3, 0.4) is 0 Å². The number of morpholine rings is 1. The molecule has 0 spiro atoms. The predicted molar refractivity (Wildman–Crippen MR) is 128 cm³/mol. The van der Waals surface area contributed by atoms with Crippen molar-refractivity contribution in [2.75, 3.05) is 39.4 Å². The maximum atomic E-state index is 15.0. The molecule has 2 saturated heterocycles. The maximum absolute atomic E-state index is 15.0. The largest absolute Gasteiger partial charge is 0.507 e. The molecule has 3 aliphatic rings. The van der Waals surface area contributed by atoms with Gasteiger partial charge in [-0.05, 0) is 43.2 Å². The van der Waals surface area contributed by atoms with E-state index in [1.165, 1.54) is 11.0 Å². The SMILES string of the molecule is C[C@H]1Cc2cc(C(O)=C3C(=O)C(=O)N(CCCN4CCOCC4)[C@H]3c3ccccc3F)ccc2O1. The number of aliphatic hydroxyl groups excluding tert-OH is 1. The number of benzene rings is 2. The lowest BCUT2D eigenvalue weighted by Gasteiger charge is -2.29. The lowest BCUT2D eigenvalue weighted by molar-refractivity contribution is -0.140. The van der Waals surface area contributed by atoms with Gasteiger partial charge in [0.25, 0.3) is 11.7 Å². The third-order valence-corrected chi connectivity index (χ3v) is 6.89. The summed E-state index contributed by atoms with van der Waals surface area (Å²) in [6.07, 6.45) is 1.33. The van der Waals surface area contributed by atoms with Crippen molar-refractivity contribution >= 4 is 17.4 Å². The zero-order valence-electron chi connectivity index (χ0n) is 19.7. The Morgan fingerprint density at radius 1 is 1.11 bits per heavy atom. The molecule has 2 atom stereocenters. The Balaban J connectivity index is 1.49. The number of carbonyl (C=O) groups is 2. The predicted octanol–water partition coefficient (Wildman–Crippen LogP) is 3.29. The Kier molecular flexibility index (Phi) is 6.58. The summed E-state index contributed by atoms with van der Waals surface area (Å²) < 4.78 is 26.1. The van der Waals surface area contributed by atoms with Crippen molar-refractivity contribution in [3.8, 4) is 5.75 Å². The van der Waals surface area contributed by atoms with Crippen molar-refractivity contribution in [3.05, 3.63) is 70.5 Å². The molecule has 2 aromatic carbocycles. The molecule has 0 aliphatic carbocycles. The number of fused-ring (bicyclic) bond motifs is 1. The second kappa shape index (κ2) is 9.79. The minimum atomic E-state index is -0.996. The number of hydrogen-bond acceptors (Lipinski definition) is 6. The molecule has 35 heavy (non-hydrogen) atoms. The summed E-state index contributed by atoms with van der Waals surface area (Å²) in [6, 6.07) is 10.3. The van der Waals surface area contributed by atoms with Crippen molar-refractivity contribution in [3.63, 3.8) is 0 Å². The van der Waals surface area contributed by atoms with Gasteiger partial charge >= 0.3 is 0 Å². The highest BCUT2D eigenvalue weighted by atomic mass is 19.1. The second-order valence-corrected chi connectivity index (χ2v) is 9.28. The number of nitrogens with zero attached hydrogens (tertiary/aromatic N) is 2. The normalized spacial score (nSPS) is 24.0. The third kappa shape index (κ3) is 4.56. The lowest BCUT2D eigenvalue weighted by Crippen LogP contribution is -2.39. The molecule has 8 heteroatoms. The number of aliphatic hydroxyl groups is 1. The zero-order valence-corrected chi connectivity index (χ0v) is 19.7. The fourth-order valence-electron chi connectivity index (χ4n) is 5.15. The van der Waals surface area contributed by atoms with E-state index in [2.05, 4.69) is 4.90 Å². The molecule has 2 aromatic rings. The number of halogens is 1. The highest BCUT2D eigenvalue weighted by Crippen LogP contribution is 2.41. The van der Waals surface area contributed by atoms with Gasteiger partial charge in [-0.2, -0.15) is 0 Å². The summed E-state index contributed by atoms with van der Waals surface area (Å²) in [5.74, 6) is -1.61. The summed E-state index contributed by atoms with van der Waals surface area (Å²) in [4.78, 5) is 29.9. The minimum absolute atomic E-state index is 0.0258.